The highest BCUT2D eigenvalue weighted by molar-refractivity contribution is 5.35. The molecule has 1 aromatic carbocycles. The SMILES string of the molecule is Cc1ccc(C)c(OCC(O)CNC2(C)CCCCC2)c1. The monoisotopic (exact) mass is 291 g/mol. The average molecular weight is 291 g/mol. The molecular weight excluding hydrogens is 262 g/mol. The van der Waals surface area contributed by atoms with Crippen LogP contribution in [0.15, 0.2) is 18.2 Å². The molecule has 0 bridgehead atoms. The highest BCUT2D eigenvalue weighted by Crippen LogP contribution is 2.27. The zero-order chi connectivity index (χ0) is 15.3. The number of nitrogens with one attached hydrogen (secondary N) is 1. The summed E-state index contributed by atoms with van der Waals surface area (Å²) in [5.74, 6) is 0.873. The van der Waals surface area contributed by atoms with Crippen LogP contribution in [0.25, 0.3) is 0 Å². The molecule has 0 radical (unpaired) electrons. The van der Waals surface area contributed by atoms with Crippen LogP contribution in [-0.2, 0) is 0 Å². The summed E-state index contributed by atoms with van der Waals surface area (Å²) >= 11 is 0. The number of aliphatic hydroxyl groups is 1. The van der Waals surface area contributed by atoms with Crippen LogP contribution in [0.3, 0.4) is 0 Å². The lowest BCUT2D eigenvalue weighted by Crippen LogP contribution is -2.48. The van der Waals surface area contributed by atoms with Crippen LogP contribution in [0.5, 0.6) is 5.75 Å². The van der Waals surface area contributed by atoms with E-state index in [2.05, 4.69) is 24.4 Å². The summed E-state index contributed by atoms with van der Waals surface area (Å²) in [7, 11) is 0. The molecule has 1 atom stereocenters. The number of ether oxygens (including phenoxy) is 1. The summed E-state index contributed by atoms with van der Waals surface area (Å²) < 4.78 is 5.76. The highest BCUT2D eigenvalue weighted by Gasteiger charge is 2.26. The second kappa shape index (κ2) is 7.28. The molecule has 0 aliphatic heterocycles. The minimum atomic E-state index is -0.469. The van der Waals surface area contributed by atoms with E-state index >= 15 is 0 Å². The second-order valence-electron chi connectivity index (χ2n) is 6.74. The average Bonchev–Trinajstić information content (AvgIpc) is 2.47. The number of benzene rings is 1. The molecule has 2 N–H and O–H groups in total. The third-order valence-corrected chi connectivity index (χ3v) is 4.50. The smallest absolute Gasteiger partial charge is 0.122 e. The Balaban J connectivity index is 1.76. The minimum absolute atomic E-state index is 0.193. The van der Waals surface area contributed by atoms with Crippen LogP contribution < -0.4 is 10.1 Å². The number of aliphatic hydroxyl groups excluding tert-OH is 1. The van der Waals surface area contributed by atoms with Gasteiger partial charge in [0.25, 0.3) is 0 Å². The van der Waals surface area contributed by atoms with Crippen molar-refractivity contribution in [2.45, 2.75) is 64.5 Å². The van der Waals surface area contributed by atoms with Gasteiger partial charge in [0.1, 0.15) is 18.5 Å². The summed E-state index contributed by atoms with van der Waals surface area (Å²) in [6.07, 6.45) is 5.87. The first kappa shape index (κ1) is 16.3. The number of aryl methyl sites for hydroxylation is 2. The van der Waals surface area contributed by atoms with Crippen LogP contribution in [0.4, 0.5) is 0 Å². The molecule has 21 heavy (non-hydrogen) atoms. The van der Waals surface area contributed by atoms with E-state index in [1.807, 2.05) is 19.9 Å². The summed E-state index contributed by atoms with van der Waals surface area (Å²) in [5.41, 5.74) is 2.48. The van der Waals surface area contributed by atoms with Crippen molar-refractivity contribution in [3.8, 4) is 5.75 Å². The quantitative estimate of drug-likeness (QED) is 0.844. The molecule has 1 fully saturated rings. The minimum Gasteiger partial charge on any atom is -0.491 e. The molecule has 0 amide bonds. The molecule has 2 rings (SSSR count). The maximum atomic E-state index is 10.1. The van der Waals surface area contributed by atoms with Gasteiger partial charge in [0.05, 0.1) is 0 Å². The molecule has 1 unspecified atom stereocenters. The molecule has 3 heteroatoms. The fourth-order valence-corrected chi connectivity index (χ4v) is 2.98. The van der Waals surface area contributed by atoms with E-state index in [0.29, 0.717) is 13.2 Å². The van der Waals surface area contributed by atoms with Gasteiger partial charge in [0.15, 0.2) is 0 Å². The third kappa shape index (κ3) is 5.01. The van der Waals surface area contributed by atoms with E-state index in [4.69, 9.17) is 4.74 Å². The standard InChI is InChI=1S/C18H29NO2/c1-14-7-8-15(2)17(11-14)21-13-16(20)12-19-18(3)9-5-4-6-10-18/h7-8,11,16,19-20H,4-6,9-10,12-13H2,1-3H3. The Morgan fingerprint density at radius 3 is 2.67 bits per heavy atom. The molecule has 1 saturated carbocycles. The Kier molecular flexibility index (Phi) is 5.65. The molecule has 0 heterocycles. The number of hydrogen-bond donors (Lipinski definition) is 2. The van der Waals surface area contributed by atoms with Gasteiger partial charge >= 0.3 is 0 Å². The number of hydrogen-bond acceptors (Lipinski definition) is 3. The van der Waals surface area contributed by atoms with Gasteiger partial charge in [-0.25, -0.2) is 0 Å². The largest absolute Gasteiger partial charge is 0.491 e. The lowest BCUT2D eigenvalue weighted by atomic mass is 9.83. The maximum Gasteiger partial charge on any atom is 0.122 e. The fraction of sp³-hybridized carbons (Fsp3) is 0.667. The van der Waals surface area contributed by atoms with Crippen molar-refractivity contribution in [3.63, 3.8) is 0 Å². The van der Waals surface area contributed by atoms with E-state index in [9.17, 15) is 5.11 Å². The van der Waals surface area contributed by atoms with Crippen molar-refractivity contribution >= 4 is 0 Å². The first-order valence-corrected chi connectivity index (χ1v) is 8.12. The summed E-state index contributed by atoms with van der Waals surface area (Å²) in [6, 6.07) is 6.15. The molecule has 1 aromatic rings. The van der Waals surface area contributed by atoms with Crippen LogP contribution in [0.2, 0.25) is 0 Å². The second-order valence-corrected chi connectivity index (χ2v) is 6.74. The first-order valence-electron chi connectivity index (χ1n) is 8.12. The molecule has 3 nitrogen and oxygen atoms in total. The predicted octanol–water partition coefficient (Wildman–Crippen LogP) is 3.36. The van der Waals surface area contributed by atoms with E-state index < -0.39 is 6.10 Å². The Morgan fingerprint density at radius 1 is 1.24 bits per heavy atom. The van der Waals surface area contributed by atoms with Crippen LogP contribution in [0, 0.1) is 13.8 Å². The lowest BCUT2D eigenvalue weighted by Gasteiger charge is -2.35. The van der Waals surface area contributed by atoms with Crippen LogP contribution in [-0.4, -0.2) is 29.9 Å². The topological polar surface area (TPSA) is 41.5 Å². The van der Waals surface area contributed by atoms with Crippen molar-refractivity contribution in [3.05, 3.63) is 29.3 Å². The predicted molar refractivity (Wildman–Crippen MR) is 86.9 cm³/mol. The molecule has 0 aromatic heterocycles. The Morgan fingerprint density at radius 2 is 1.95 bits per heavy atom. The van der Waals surface area contributed by atoms with Crippen molar-refractivity contribution in [2.24, 2.45) is 0 Å². The van der Waals surface area contributed by atoms with Gasteiger partial charge in [-0.05, 0) is 50.8 Å². The highest BCUT2D eigenvalue weighted by atomic mass is 16.5. The van der Waals surface area contributed by atoms with Crippen molar-refractivity contribution in [2.75, 3.05) is 13.2 Å². The molecular formula is C18H29NO2. The van der Waals surface area contributed by atoms with Crippen LogP contribution >= 0.6 is 0 Å². The summed E-state index contributed by atoms with van der Waals surface area (Å²) in [5, 5.41) is 13.7. The van der Waals surface area contributed by atoms with E-state index in [1.54, 1.807) is 0 Å². The van der Waals surface area contributed by atoms with E-state index in [1.165, 1.54) is 37.7 Å². The zero-order valence-corrected chi connectivity index (χ0v) is 13.6. The van der Waals surface area contributed by atoms with Gasteiger partial charge < -0.3 is 15.2 Å². The summed E-state index contributed by atoms with van der Waals surface area (Å²) in [6.45, 7) is 7.29. The van der Waals surface area contributed by atoms with Gasteiger partial charge in [-0.3, -0.25) is 0 Å². The lowest BCUT2D eigenvalue weighted by molar-refractivity contribution is 0.0927. The van der Waals surface area contributed by atoms with Gasteiger partial charge in [-0.2, -0.15) is 0 Å². The molecule has 1 aliphatic carbocycles. The molecule has 118 valence electrons. The van der Waals surface area contributed by atoms with E-state index in [-0.39, 0.29) is 5.54 Å². The number of β-amino-alcohol motifs (C(OH)–C–C–N with tert-alkyl or cyclic N) is 1. The molecule has 0 saturated heterocycles. The number of rotatable bonds is 6. The van der Waals surface area contributed by atoms with Gasteiger partial charge in [0, 0.05) is 12.1 Å². The van der Waals surface area contributed by atoms with E-state index in [0.717, 1.165) is 11.3 Å². The Labute approximate surface area is 128 Å². The Hall–Kier alpha value is -1.06. The third-order valence-electron chi connectivity index (χ3n) is 4.50. The van der Waals surface area contributed by atoms with Gasteiger partial charge in [0.2, 0.25) is 0 Å². The van der Waals surface area contributed by atoms with Crippen LogP contribution in [0.1, 0.15) is 50.2 Å². The maximum absolute atomic E-state index is 10.1. The molecule has 0 spiro atoms. The van der Waals surface area contributed by atoms with Crippen molar-refractivity contribution < 1.29 is 9.84 Å². The molecule has 1 aliphatic rings. The first-order chi connectivity index (χ1) is 9.98. The van der Waals surface area contributed by atoms with Gasteiger partial charge in [-0.1, -0.05) is 31.4 Å². The van der Waals surface area contributed by atoms with Crippen molar-refractivity contribution in [1.29, 1.82) is 0 Å². The fourth-order valence-electron chi connectivity index (χ4n) is 2.98. The van der Waals surface area contributed by atoms with Crippen molar-refractivity contribution in [1.82, 2.24) is 5.32 Å². The van der Waals surface area contributed by atoms with Gasteiger partial charge in [-0.15, -0.1) is 0 Å². The zero-order valence-electron chi connectivity index (χ0n) is 13.6. The normalized spacial score (nSPS) is 19.2. The Bertz CT molecular complexity index is 453. The summed E-state index contributed by atoms with van der Waals surface area (Å²) in [4.78, 5) is 0.